The summed E-state index contributed by atoms with van der Waals surface area (Å²) >= 11 is 0. The molecule has 18 heavy (non-hydrogen) atoms. The Balaban J connectivity index is 2.52. The minimum absolute atomic E-state index is 0.0469. The van der Waals surface area contributed by atoms with Crippen LogP contribution in [0.1, 0.15) is 33.3 Å². The molecule has 0 spiro atoms. The predicted molar refractivity (Wildman–Crippen MR) is 76.8 cm³/mol. The molecule has 0 fully saturated rings. The molecule has 100 valence electrons. The van der Waals surface area contributed by atoms with Crippen LogP contribution in [0.5, 0.6) is 0 Å². The second kappa shape index (κ2) is 7.04. The van der Waals surface area contributed by atoms with Gasteiger partial charge in [-0.2, -0.15) is 0 Å². The van der Waals surface area contributed by atoms with Crippen LogP contribution < -0.4 is 10.6 Å². The van der Waals surface area contributed by atoms with Crippen LogP contribution in [0.4, 0.5) is 5.69 Å². The molecule has 0 heterocycles. The summed E-state index contributed by atoms with van der Waals surface area (Å²) in [5.74, 6) is 0.523. The van der Waals surface area contributed by atoms with Crippen LogP contribution in [-0.4, -0.2) is 18.5 Å². The molecule has 0 saturated carbocycles. The van der Waals surface area contributed by atoms with Gasteiger partial charge in [-0.15, -0.1) is 0 Å². The first-order valence-corrected chi connectivity index (χ1v) is 6.66. The van der Waals surface area contributed by atoms with E-state index >= 15 is 0 Å². The maximum atomic E-state index is 11.8. The highest BCUT2D eigenvalue weighted by molar-refractivity contribution is 5.84. The molecule has 1 rings (SSSR count). The Morgan fingerprint density at radius 1 is 1.28 bits per heavy atom. The Labute approximate surface area is 110 Å². The number of carbonyl (C=O) groups is 1. The molecular weight excluding hydrogens is 224 g/mol. The van der Waals surface area contributed by atoms with E-state index in [0.717, 1.165) is 18.7 Å². The van der Waals surface area contributed by atoms with E-state index in [0.29, 0.717) is 5.92 Å². The van der Waals surface area contributed by atoms with Crippen LogP contribution in [0.2, 0.25) is 0 Å². The van der Waals surface area contributed by atoms with E-state index in [1.807, 2.05) is 19.1 Å². The van der Waals surface area contributed by atoms with Gasteiger partial charge in [0.05, 0.1) is 0 Å². The molecule has 1 atom stereocenters. The minimum Gasteiger partial charge on any atom is -0.374 e. The number of carbonyl (C=O) groups excluding carboxylic acids is 1. The SMILES string of the molecule is CCc1cccc(NC(C)C(=O)NCC(C)C)c1. The quantitative estimate of drug-likeness (QED) is 0.813. The first-order chi connectivity index (χ1) is 8.52. The fourth-order valence-corrected chi connectivity index (χ4v) is 1.65. The highest BCUT2D eigenvalue weighted by Crippen LogP contribution is 2.12. The summed E-state index contributed by atoms with van der Waals surface area (Å²) in [6, 6.07) is 7.97. The van der Waals surface area contributed by atoms with E-state index in [-0.39, 0.29) is 11.9 Å². The normalized spacial score (nSPS) is 12.3. The second-order valence-corrected chi connectivity index (χ2v) is 5.06. The van der Waals surface area contributed by atoms with E-state index in [9.17, 15) is 4.79 Å². The monoisotopic (exact) mass is 248 g/mol. The number of aryl methyl sites for hydroxylation is 1. The Morgan fingerprint density at radius 3 is 2.61 bits per heavy atom. The van der Waals surface area contributed by atoms with Gasteiger partial charge in [-0.05, 0) is 37.0 Å². The molecule has 0 radical (unpaired) electrons. The summed E-state index contributed by atoms with van der Waals surface area (Å²) < 4.78 is 0. The van der Waals surface area contributed by atoms with Crippen LogP contribution in [0.3, 0.4) is 0 Å². The maximum absolute atomic E-state index is 11.8. The zero-order chi connectivity index (χ0) is 13.5. The Bertz CT molecular complexity index is 388. The standard InChI is InChI=1S/C15H24N2O/c1-5-13-7-6-8-14(9-13)17-12(4)15(18)16-10-11(2)3/h6-9,11-12,17H,5,10H2,1-4H3,(H,16,18). The number of nitrogens with one attached hydrogen (secondary N) is 2. The van der Waals surface area contributed by atoms with Crippen molar-refractivity contribution in [3.05, 3.63) is 29.8 Å². The predicted octanol–water partition coefficient (Wildman–Crippen LogP) is 2.82. The fourth-order valence-electron chi connectivity index (χ4n) is 1.65. The fraction of sp³-hybridized carbons (Fsp3) is 0.533. The van der Waals surface area contributed by atoms with Gasteiger partial charge in [-0.25, -0.2) is 0 Å². The van der Waals surface area contributed by atoms with Gasteiger partial charge in [0.1, 0.15) is 6.04 Å². The molecular formula is C15H24N2O. The molecule has 1 aromatic carbocycles. The Hall–Kier alpha value is -1.51. The largest absolute Gasteiger partial charge is 0.374 e. The second-order valence-electron chi connectivity index (χ2n) is 5.06. The zero-order valence-electron chi connectivity index (χ0n) is 11.8. The van der Waals surface area contributed by atoms with Crippen molar-refractivity contribution in [2.45, 2.75) is 40.2 Å². The lowest BCUT2D eigenvalue weighted by molar-refractivity contribution is -0.121. The highest BCUT2D eigenvalue weighted by Gasteiger charge is 2.12. The number of rotatable bonds is 6. The van der Waals surface area contributed by atoms with Crippen LogP contribution in [-0.2, 0) is 11.2 Å². The van der Waals surface area contributed by atoms with Gasteiger partial charge in [0.25, 0.3) is 0 Å². The molecule has 0 aliphatic heterocycles. The van der Waals surface area contributed by atoms with Crippen molar-refractivity contribution in [3.8, 4) is 0 Å². The molecule has 0 aromatic heterocycles. The molecule has 0 saturated heterocycles. The van der Waals surface area contributed by atoms with Crippen molar-refractivity contribution < 1.29 is 4.79 Å². The van der Waals surface area contributed by atoms with Crippen molar-refractivity contribution >= 4 is 11.6 Å². The average molecular weight is 248 g/mol. The number of hydrogen-bond donors (Lipinski definition) is 2. The zero-order valence-corrected chi connectivity index (χ0v) is 11.8. The highest BCUT2D eigenvalue weighted by atomic mass is 16.2. The lowest BCUT2D eigenvalue weighted by Crippen LogP contribution is -2.39. The van der Waals surface area contributed by atoms with Crippen molar-refractivity contribution in [1.29, 1.82) is 0 Å². The Kier molecular flexibility index (Phi) is 5.69. The molecule has 3 nitrogen and oxygen atoms in total. The van der Waals surface area contributed by atoms with Crippen molar-refractivity contribution in [3.63, 3.8) is 0 Å². The van der Waals surface area contributed by atoms with Crippen molar-refractivity contribution in [2.24, 2.45) is 5.92 Å². The molecule has 1 amide bonds. The van der Waals surface area contributed by atoms with E-state index in [4.69, 9.17) is 0 Å². The van der Waals surface area contributed by atoms with Crippen molar-refractivity contribution in [2.75, 3.05) is 11.9 Å². The lowest BCUT2D eigenvalue weighted by Gasteiger charge is -2.16. The van der Waals surface area contributed by atoms with Crippen LogP contribution in [0.15, 0.2) is 24.3 Å². The third-order valence-electron chi connectivity index (χ3n) is 2.80. The van der Waals surface area contributed by atoms with Gasteiger partial charge < -0.3 is 10.6 Å². The summed E-state index contributed by atoms with van der Waals surface area (Å²) in [5.41, 5.74) is 2.27. The van der Waals surface area contributed by atoms with E-state index in [1.165, 1.54) is 5.56 Å². The Morgan fingerprint density at radius 2 is 2.00 bits per heavy atom. The molecule has 2 N–H and O–H groups in total. The molecule has 3 heteroatoms. The van der Waals surface area contributed by atoms with E-state index in [1.54, 1.807) is 0 Å². The minimum atomic E-state index is -0.212. The lowest BCUT2D eigenvalue weighted by atomic mass is 10.1. The average Bonchev–Trinajstić information content (AvgIpc) is 2.36. The number of benzene rings is 1. The van der Waals surface area contributed by atoms with Crippen LogP contribution in [0, 0.1) is 5.92 Å². The van der Waals surface area contributed by atoms with E-state index in [2.05, 4.69) is 43.5 Å². The maximum Gasteiger partial charge on any atom is 0.242 e. The molecule has 0 bridgehead atoms. The summed E-state index contributed by atoms with van der Waals surface area (Å²) in [6.45, 7) is 8.90. The number of anilines is 1. The smallest absolute Gasteiger partial charge is 0.242 e. The van der Waals surface area contributed by atoms with Gasteiger partial charge >= 0.3 is 0 Å². The van der Waals surface area contributed by atoms with Gasteiger partial charge in [-0.3, -0.25) is 4.79 Å². The van der Waals surface area contributed by atoms with Gasteiger partial charge in [-0.1, -0.05) is 32.9 Å². The number of amides is 1. The summed E-state index contributed by atoms with van der Waals surface area (Å²) in [4.78, 5) is 11.8. The third-order valence-corrected chi connectivity index (χ3v) is 2.80. The van der Waals surface area contributed by atoms with Crippen LogP contribution >= 0.6 is 0 Å². The summed E-state index contributed by atoms with van der Waals surface area (Å²) in [6.07, 6.45) is 1.00. The third kappa shape index (κ3) is 4.78. The van der Waals surface area contributed by atoms with Gasteiger partial charge in [0, 0.05) is 12.2 Å². The van der Waals surface area contributed by atoms with Gasteiger partial charge in [0.15, 0.2) is 0 Å². The molecule has 0 aliphatic carbocycles. The van der Waals surface area contributed by atoms with Crippen molar-refractivity contribution in [1.82, 2.24) is 5.32 Å². The molecule has 0 aliphatic rings. The summed E-state index contributed by atoms with van der Waals surface area (Å²) in [5, 5.41) is 6.16. The van der Waals surface area contributed by atoms with Gasteiger partial charge in [0.2, 0.25) is 5.91 Å². The topological polar surface area (TPSA) is 41.1 Å². The molecule has 1 unspecified atom stereocenters. The summed E-state index contributed by atoms with van der Waals surface area (Å²) in [7, 11) is 0. The van der Waals surface area contributed by atoms with E-state index < -0.39 is 0 Å². The van der Waals surface area contributed by atoms with Crippen LogP contribution in [0.25, 0.3) is 0 Å². The first-order valence-electron chi connectivity index (χ1n) is 6.66. The number of hydrogen-bond acceptors (Lipinski definition) is 2. The molecule has 1 aromatic rings. The first kappa shape index (κ1) is 14.6.